The minimum Gasteiger partial charge on any atom is -0.390 e. The molecule has 176 valence electrons. The van der Waals surface area contributed by atoms with Gasteiger partial charge in [0.15, 0.2) is 28.6 Å². The van der Waals surface area contributed by atoms with E-state index in [0.717, 1.165) is 6.08 Å². The second kappa shape index (κ2) is 6.34. The summed E-state index contributed by atoms with van der Waals surface area (Å²) in [5.41, 5.74) is -6.30. The maximum absolute atomic E-state index is 17.1. The van der Waals surface area contributed by atoms with Gasteiger partial charge in [-0.3, -0.25) is 9.59 Å². The minimum atomic E-state index is -2.24. The Hall–Kier alpha value is -1.48. The molecule has 6 nitrogen and oxygen atoms in total. The number of fused-ring (bicyclic) bond motifs is 7. The summed E-state index contributed by atoms with van der Waals surface area (Å²) in [6.45, 7) is 5.87. The quantitative estimate of drug-likeness (QED) is 0.668. The zero-order valence-corrected chi connectivity index (χ0v) is 18.7. The van der Waals surface area contributed by atoms with Crippen molar-refractivity contribution >= 4 is 11.6 Å². The Balaban J connectivity index is 1.66. The summed E-state index contributed by atoms with van der Waals surface area (Å²) in [6.07, 6.45) is -0.151. The number of ether oxygens (including phenoxy) is 2. The van der Waals surface area contributed by atoms with Gasteiger partial charge in [0.2, 0.25) is 0 Å². The van der Waals surface area contributed by atoms with E-state index in [9.17, 15) is 19.8 Å². The highest BCUT2D eigenvalue weighted by Gasteiger charge is 2.80. The molecule has 5 aliphatic rings. The molecule has 32 heavy (non-hydrogen) atoms. The summed E-state index contributed by atoms with van der Waals surface area (Å²) in [5.74, 6) is -3.53. The fourth-order valence-electron chi connectivity index (χ4n) is 7.92. The third kappa shape index (κ3) is 2.32. The average Bonchev–Trinajstić information content (AvgIpc) is 3.11. The predicted molar refractivity (Wildman–Crippen MR) is 109 cm³/mol. The molecule has 9 atom stereocenters. The Morgan fingerprint density at radius 1 is 1.22 bits per heavy atom. The molecule has 3 saturated carbocycles. The molecule has 4 aliphatic carbocycles. The molecular weight excluding hydrogens is 422 g/mol. The minimum absolute atomic E-state index is 0.0550. The lowest BCUT2D eigenvalue weighted by Gasteiger charge is -2.63. The second-order valence-corrected chi connectivity index (χ2v) is 11.0. The van der Waals surface area contributed by atoms with E-state index in [1.165, 1.54) is 19.1 Å². The number of alkyl halides is 2. The Bertz CT molecular complexity index is 960. The lowest BCUT2D eigenvalue weighted by Crippen LogP contribution is -2.71. The second-order valence-electron chi connectivity index (χ2n) is 11.0. The molecule has 1 heterocycles. The van der Waals surface area contributed by atoms with Crippen LogP contribution in [0, 0.1) is 22.7 Å². The third-order valence-corrected chi connectivity index (χ3v) is 9.18. The third-order valence-electron chi connectivity index (χ3n) is 9.18. The number of aliphatic hydroxyl groups is 2. The van der Waals surface area contributed by atoms with Crippen LogP contribution in [0.5, 0.6) is 0 Å². The van der Waals surface area contributed by atoms with Crippen molar-refractivity contribution in [1.82, 2.24) is 0 Å². The summed E-state index contributed by atoms with van der Waals surface area (Å²) in [4.78, 5) is 25.1. The molecule has 0 spiro atoms. The highest BCUT2D eigenvalue weighted by Crippen LogP contribution is 2.72. The first kappa shape index (κ1) is 22.3. The summed E-state index contributed by atoms with van der Waals surface area (Å²) in [7, 11) is 0. The molecule has 4 fully saturated rings. The molecule has 0 aromatic rings. The number of allylic oxidation sites excluding steroid dienone is 4. The van der Waals surface area contributed by atoms with Gasteiger partial charge in [-0.1, -0.05) is 13.0 Å². The van der Waals surface area contributed by atoms with Crippen molar-refractivity contribution in [3.63, 3.8) is 0 Å². The van der Waals surface area contributed by atoms with Crippen molar-refractivity contribution in [2.24, 2.45) is 22.7 Å². The maximum atomic E-state index is 17.1. The number of rotatable bonds is 2. The molecule has 0 aromatic carbocycles. The molecule has 1 saturated heterocycles. The number of aliphatic hydroxyl groups excluding tert-OH is 2. The molecule has 5 rings (SSSR count). The largest absolute Gasteiger partial charge is 0.390 e. The number of halogens is 2. The van der Waals surface area contributed by atoms with Crippen molar-refractivity contribution < 1.29 is 38.1 Å². The Morgan fingerprint density at radius 3 is 2.56 bits per heavy atom. The van der Waals surface area contributed by atoms with Gasteiger partial charge < -0.3 is 19.7 Å². The van der Waals surface area contributed by atoms with Crippen LogP contribution < -0.4 is 0 Å². The SMILES string of the molecule is CC1(C)O[C@@H]2CC3[C@@H]4C[C@H](F)C5=CC(=O)C=C[C@]5(C)[C@@]4(F)[C@@H](O)C[C@]3(C)[C@]2(C(=O)CO)O1. The first-order valence-electron chi connectivity index (χ1n) is 11.3. The standard InChI is InChI=1S/C24H30F2O6/c1-20(2)31-19-9-13-14-8-16(25)15-7-12(28)5-6-21(15,3)23(14,26)17(29)10-22(13,4)24(19,32-20)18(30)11-27/h5-7,13-14,16-17,19,27,29H,8-11H2,1-4H3/t13?,14-,16-,17-,19+,21-,22-,23-,24+/m0/s1. The molecule has 0 aromatic heterocycles. The Kier molecular flexibility index (Phi) is 4.42. The first-order valence-corrected chi connectivity index (χ1v) is 11.3. The van der Waals surface area contributed by atoms with Crippen molar-refractivity contribution in [2.45, 2.75) is 82.4 Å². The maximum Gasteiger partial charge on any atom is 0.193 e. The van der Waals surface area contributed by atoms with Gasteiger partial charge >= 0.3 is 0 Å². The number of Topliss-reactive ketones (excluding diaryl/α,β-unsaturated/α-hetero) is 1. The number of carbonyl (C=O) groups is 2. The van der Waals surface area contributed by atoms with Crippen LogP contribution in [0.2, 0.25) is 0 Å². The smallest absolute Gasteiger partial charge is 0.193 e. The molecule has 0 amide bonds. The van der Waals surface area contributed by atoms with E-state index >= 15 is 8.78 Å². The van der Waals surface area contributed by atoms with E-state index in [-0.39, 0.29) is 24.8 Å². The number of hydrogen-bond acceptors (Lipinski definition) is 6. The molecule has 8 heteroatoms. The number of hydrogen-bond donors (Lipinski definition) is 2. The van der Waals surface area contributed by atoms with E-state index in [4.69, 9.17) is 9.47 Å². The van der Waals surface area contributed by atoms with Crippen LogP contribution in [-0.2, 0) is 19.1 Å². The fourth-order valence-corrected chi connectivity index (χ4v) is 7.92. The van der Waals surface area contributed by atoms with E-state index < -0.39 is 76.3 Å². The highest BCUT2D eigenvalue weighted by molar-refractivity contribution is 6.01. The van der Waals surface area contributed by atoms with Crippen LogP contribution in [0.15, 0.2) is 23.8 Å². The summed E-state index contributed by atoms with van der Waals surface area (Å²) in [5, 5.41) is 21.1. The van der Waals surface area contributed by atoms with E-state index in [1.54, 1.807) is 20.8 Å². The van der Waals surface area contributed by atoms with Crippen LogP contribution in [0.3, 0.4) is 0 Å². The first-order chi connectivity index (χ1) is 14.8. The van der Waals surface area contributed by atoms with E-state index in [1.807, 2.05) is 0 Å². The lowest BCUT2D eigenvalue weighted by atomic mass is 9.44. The van der Waals surface area contributed by atoms with Crippen molar-refractivity contribution in [1.29, 1.82) is 0 Å². The number of ketones is 2. The summed E-state index contributed by atoms with van der Waals surface area (Å²) >= 11 is 0. The molecule has 0 radical (unpaired) electrons. The lowest BCUT2D eigenvalue weighted by molar-refractivity contribution is -0.248. The Morgan fingerprint density at radius 2 is 1.91 bits per heavy atom. The van der Waals surface area contributed by atoms with Crippen LogP contribution in [0.4, 0.5) is 8.78 Å². The van der Waals surface area contributed by atoms with Gasteiger partial charge in [-0.2, -0.15) is 0 Å². The zero-order chi connectivity index (χ0) is 23.5. The molecular formula is C24H30F2O6. The van der Waals surface area contributed by atoms with Gasteiger partial charge in [0.25, 0.3) is 0 Å². The van der Waals surface area contributed by atoms with E-state index in [2.05, 4.69) is 0 Å². The van der Waals surface area contributed by atoms with E-state index in [0.29, 0.717) is 0 Å². The molecule has 2 N–H and O–H groups in total. The Labute approximate surface area is 185 Å². The summed E-state index contributed by atoms with van der Waals surface area (Å²) < 4.78 is 44.8. The fraction of sp³-hybridized carbons (Fsp3) is 0.750. The monoisotopic (exact) mass is 452 g/mol. The normalized spacial score (nSPS) is 53.2. The van der Waals surface area contributed by atoms with Crippen molar-refractivity contribution in [3.8, 4) is 0 Å². The van der Waals surface area contributed by atoms with Gasteiger partial charge in [-0.15, -0.1) is 0 Å². The zero-order valence-electron chi connectivity index (χ0n) is 18.7. The van der Waals surface area contributed by atoms with Gasteiger partial charge in [0.05, 0.1) is 12.2 Å². The number of carbonyl (C=O) groups excluding carboxylic acids is 2. The topological polar surface area (TPSA) is 93.1 Å². The van der Waals surface area contributed by atoms with Crippen LogP contribution in [-0.4, -0.2) is 63.8 Å². The predicted octanol–water partition coefficient (Wildman–Crippen LogP) is 2.37. The van der Waals surface area contributed by atoms with Crippen molar-refractivity contribution in [2.75, 3.05) is 6.61 Å². The van der Waals surface area contributed by atoms with Gasteiger partial charge in [-0.05, 0) is 63.7 Å². The summed E-state index contributed by atoms with van der Waals surface area (Å²) in [6, 6.07) is 0. The van der Waals surface area contributed by atoms with Gasteiger partial charge in [-0.25, -0.2) is 8.78 Å². The average molecular weight is 452 g/mol. The van der Waals surface area contributed by atoms with Gasteiger partial charge in [0, 0.05) is 16.7 Å². The molecule has 1 aliphatic heterocycles. The van der Waals surface area contributed by atoms with Crippen LogP contribution in [0.25, 0.3) is 0 Å². The highest BCUT2D eigenvalue weighted by atomic mass is 19.1. The molecule has 0 bridgehead atoms. The molecule has 1 unspecified atom stereocenters. The van der Waals surface area contributed by atoms with Crippen molar-refractivity contribution in [3.05, 3.63) is 23.8 Å². The van der Waals surface area contributed by atoms with Crippen LogP contribution >= 0.6 is 0 Å². The van der Waals surface area contributed by atoms with Gasteiger partial charge in [0.1, 0.15) is 12.8 Å². The van der Waals surface area contributed by atoms with Crippen LogP contribution in [0.1, 0.15) is 47.0 Å².